The number of carbonyl (C=O) groups is 4. The molecule has 9 nitrogen and oxygen atoms in total. The highest BCUT2D eigenvalue weighted by Crippen LogP contribution is 2.39. The van der Waals surface area contributed by atoms with Crippen LogP contribution in [0.3, 0.4) is 0 Å². The molecule has 0 bridgehead atoms. The maximum absolute atomic E-state index is 13.0. The number of nitrogens with two attached hydrogens (primary N) is 1. The molecule has 162 valence electrons. The van der Waals surface area contributed by atoms with E-state index in [0.29, 0.717) is 21.9 Å². The number of benzene rings is 1. The molecule has 1 aromatic carbocycles. The van der Waals surface area contributed by atoms with Gasteiger partial charge in [0.15, 0.2) is 0 Å². The summed E-state index contributed by atoms with van der Waals surface area (Å²) in [5.74, 6) is -1.10. The van der Waals surface area contributed by atoms with Gasteiger partial charge in [0.2, 0.25) is 5.91 Å². The van der Waals surface area contributed by atoms with E-state index in [4.69, 9.17) is 10.5 Å². The quantitative estimate of drug-likeness (QED) is 0.587. The lowest BCUT2D eigenvalue weighted by Crippen LogP contribution is -2.42. The number of imide groups is 1. The van der Waals surface area contributed by atoms with Crippen molar-refractivity contribution >= 4 is 40.1 Å². The molecule has 5 amide bonds. The Morgan fingerprint density at radius 3 is 2.61 bits per heavy atom. The van der Waals surface area contributed by atoms with Crippen LogP contribution < -0.4 is 21.1 Å². The van der Waals surface area contributed by atoms with Crippen LogP contribution in [-0.2, 0) is 28.0 Å². The van der Waals surface area contributed by atoms with Gasteiger partial charge in [0.25, 0.3) is 11.8 Å². The summed E-state index contributed by atoms with van der Waals surface area (Å²) in [4.78, 5) is 52.0. The van der Waals surface area contributed by atoms with E-state index in [9.17, 15) is 19.2 Å². The van der Waals surface area contributed by atoms with Crippen molar-refractivity contribution in [2.24, 2.45) is 5.73 Å². The molecule has 2 heterocycles. The number of nitrogens with zero attached hydrogens (tertiary/aromatic N) is 1. The van der Waals surface area contributed by atoms with Crippen LogP contribution in [0.4, 0.5) is 9.80 Å². The van der Waals surface area contributed by atoms with Crippen LogP contribution in [0.25, 0.3) is 0 Å². The van der Waals surface area contributed by atoms with Crippen LogP contribution in [0, 0.1) is 0 Å². The topological polar surface area (TPSA) is 131 Å². The molecular formula is C21H22N4O5S. The van der Waals surface area contributed by atoms with Crippen molar-refractivity contribution in [3.05, 3.63) is 45.8 Å². The molecule has 1 aromatic heterocycles. The number of hydrogen-bond donors (Lipinski definition) is 3. The van der Waals surface area contributed by atoms with E-state index < -0.39 is 35.8 Å². The molecule has 1 aliphatic heterocycles. The number of amides is 5. The van der Waals surface area contributed by atoms with Crippen molar-refractivity contribution in [3.8, 4) is 5.75 Å². The van der Waals surface area contributed by atoms with E-state index in [1.54, 1.807) is 31.2 Å². The van der Waals surface area contributed by atoms with Gasteiger partial charge in [0.05, 0.1) is 12.7 Å². The largest absolute Gasteiger partial charge is 0.497 e. The van der Waals surface area contributed by atoms with Crippen molar-refractivity contribution in [1.29, 1.82) is 0 Å². The highest BCUT2D eigenvalue weighted by Gasteiger charge is 2.49. The molecule has 1 atom stereocenters. The fourth-order valence-electron chi connectivity index (χ4n) is 4.02. The van der Waals surface area contributed by atoms with Crippen molar-refractivity contribution in [3.63, 3.8) is 0 Å². The summed E-state index contributed by atoms with van der Waals surface area (Å²) >= 11 is 1.32. The van der Waals surface area contributed by atoms with Gasteiger partial charge >= 0.3 is 6.03 Å². The van der Waals surface area contributed by atoms with Gasteiger partial charge < -0.3 is 21.1 Å². The van der Waals surface area contributed by atoms with Gasteiger partial charge in [0.1, 0.15) is 22.8 Å². The summed E-state index contributed by atoms with van der Waals surface area (Å²) in [7, 11) is 1.53. The zero-order valence-electron chi connectivity index (χ0n) is 17.1. The average Bonchev–Trinajstić information content (AvgIpc) is 3.37. The minimum Gasteiger partial charge on any atom is -0.497 e. The summed E-state index contributed by atoms with van der Waals surface area (Å²) in [5.41, 5.74) is 5.99. The van der Waals surface area contributed by atoms with E-state index in [-0.39, 0.29) is 0 Å². The first-order chi connectivity index (χ1) is 14.7. The van der Waals surface area contributed by atoms with Gasteiger partial charge in [-0.15, -0.1) is 11.3 Å². The standard InChI is InChI=1S/C21H22N4O5S/c1-21(11-6-8-12(30-2)9-7-11)19(28)25(20(29)24-21)10-15(26)23-18-16(17(22)27)13-4-3-5-14(13)31-18/h6-9H,3-5,10H2,1-2H3,(H2,22,27)(H,23,26)(H,24,29)/t21-/m1/s1. The molecule has 1 aliphatic carbocycles. The second-order valence-electron chi connectivity index (χ2n) is 7.65. The van der Waals surface area contributed by atoms with Crippen LogP contribution in [0.2, 0.25) is 0 Å². The number of ether oxygens (including phenoxy) is 1. The second-order valence-corrected chi connectivity index (χ2v) is 8.75. The molecule has 0 unspecified atom stereocenters. The minimum atomic E-state index is -1.30. The Kier molecular flexibility index (Phi) is 5.18. The third-order valence-corrected chi connectivity index (χ3v) is 6.87. The molecular weight excluding hydrogens is 420 g/mol. The molecule has 2 aromatic rings. The van der Waals surface area contributed by atoms with Gasteiger partial charge in [-0.2, -0.15) is 0 Å². The molecule has 10 heteroatoms. The van der Waals surface area contributed by atoms with Crippen LogP contribution in [0.1, 0.15) is 39.7 Å². The number of nitrogens with one attached hydrogen (secondary N) is 2. The first-order valence-electron chi connectivity index (χ1n) is 9.77. The number of fused-ring (bicyclic) bond motifs is 1. The molecule has 2 aliphatic rings. The lowest BCUT2D eigenvalue weighted by atomic mass is 9.92. The number of methoxy groups -OCH3 is 1. The number of primary amides is 1. The molecule has 1 fully saturated rings. The third-order valence-electron chi connectivity index (χ3n) is 5.66. The number of hydrogen-bond acceptors (Lipinski definition) is 6. The van der Waals surface area contributed by atoms with Gasteiger partial charge in [-0.25, -0.2) is 4.79 Å². The third kappa shape index (κ3) is 3.52. The zero-order chi connectivity index (χ0) is 22.3. The maximum atomic E-state index is 13.0. The van der Waals surface area contributed by atoms with Gasteiger partial charge in [0, 0.05) is 4.88 Å². The Morgan fingerprint density at radius 2 is 1.97 bits per heavy atom. The lowest BCUT2D eigenvalue weighted by Gasteiger charge is -2.22. The predicted molar refractivity (Wildman–Crippen MR) is 114 cm³/mol. The van der Waals surface area contributed by atoms with Crippen LogP contribution in [-0.4, -0.2) is 42.3 Å². The van der Waals surface area contributed by atoms with E-state index in [0.717, 1.165) is 34.6 Å². The van der Waals surface area contributed by atoms with Gasteiger partial charge in [-0.05, 0) is 49.4 Å². The van der Waals surface area contributed by atoms with Crippen LogP contribution in [0.5, 0.6) is 5.75 Å². The smallest absolute Gasteiger partial charge is 0.325 e. The maximum Gasteiger partial charge on any atom is 0.325 e. The van der Waals surface area contributed by atoms with Crippen LogP contribution in [0.15, 0.2) is 24.3 Å². The number of aryl methyl sites for hydroxylation is 1. The van der Waals surface area contributed by atoms with Crippen LogP contribution >= 0.6 is 11.3 Å². The van der Waals surface area contributed by atoms with Gasteiger partial charge in [-0.1, -0.05) is 12.1 Å². The van der Waals surface area contributed by atoms with Crippen molar-refractivity contribution in [1.82, 2.24) is 10.2 Å². The van der Waals surface area contributed by atoms with E-state index in [1.165, 1.54) is 18.4 Å². The fraction of sp³-hybridized carbons (Fsp3) is 0.333. The number of carbonyl (C=O) groups excluding carboxylic acids is 4. The molecule has 0 saturated carbocycles. The molecule has 1 saturated heterocycles. The molecule has 0 spiro atoms. The molecule has 31 heavy (non-hydrogen) atoms. The average molecular weight is 442 g/mol. The number of anilines is 1. The second kappa shape index (κ2) is 7.69. The first-order valence-corrected chi connectivity index (χ1v) is 10.6. The minimum absolute atomic E-state index is 0.325. The van der Waals surface area contributed by atoms with E-state index in [2.05, 4.69) is 10.6 Å². The summed E-state index contributed by atoms with van der Waals surface area (Å²) in [5, 5.41) is 5.69. The van der Waals surface area contributed by atoms with Crippen molar-refractivity contribution in [2.75, 3.05) is 19.0 Å². The lowest BCUT2D eigenvalue weighted by molar-refractivity contribution is -0.133. The number of rotatable bonds is 6. The SMILES string of the molecule is COc1ccc([C@@]2(C)NC(=O)N(CC(=O)Nc3sc4c(c3C(N)=O)CCC4)C2=O)cc1. The first kappa shape index (κ1) is 20.9. The molecule has 4 N–H and O–H groups in total. The van der Waals surface area contributed by atoms with Gasteiger partial charge in [-0.3, -0.25) is 19.3 Å². The summed E-state index contributed by atoms with van der Waals surface area (Å²) < 4.78 is 5.12. The molecule has 4 rings (SSSR count). The normalized spacial score (nSPS) is 19.9. The fourth-order valence-corrected chi connectivity index (χ4v) is 5.33. The summed E-state index contributed by atoms with van der Waals surface area (Å²) in [6.45, 7) is 1.11. The Labute approximate surface area is 182 Å². The Hall–Kier alpha value is -3.40. The zero-order valence-corrected chi connectivity index (χ0v) is 17.9. The Balaban J connectivity index is 1.51. The Morgan fingerprint density at radius 1 is 1.26 bits per heavy atom. The van der Waals surface area contributed by atoms with E-state index >= 15 is 0 Å². The number of thiophene rings is 1. The van der Waals surface area contributed by atoms with Crippen molar-refractivity contribution in [2.45, 2.75) is 31.7 Å². The van der Waals surface area contributed by atoms with Crippen molar-refractivity contribution < 1.29 is 23.9 Å². The number of urea groups is 1. The predicted octanol–water partition coefficient (Wildman–Crippen LogP) is 1.75. The Bertz CT molecular complexity index is 1090. The summed E-state index contributed by atoms with van der Waals surface area (Å²) in [6, 6.07) is 6.09. The summed E-state index contributed by atoms with van der Waals surface area (Å²) in [6.07, 6.45) is 2.53. The highest BCUT2D eigenvalue weighted by atomic mass is 32.1. The highest BCUT2D eigenvalue weighted by molar-refractivity contribution is 7.17. The monoisotopic (exact) mass is 442 g/mol. The molecule has 0 radical (unpaired) electrons. The van der Waals surface area contributed by atoms with E-state index in [1.807, 2.05) is 0 Å².